The molecule has 3 fully saturated rings. The third-order valence-electron chi connectivity index (χ3n) is 6.94. The number of rotatable bonds is 5. The van der Waals surface area contributed by atoms with E-state index >= 15 is 0 Å². The highest BCUT2D eigenvalue weighted by Crippen LogP contribution is 2.35. The molecule has 3 heterocycles. The molecule has 3 saturated heterocycles. The second kappa shape index (κ2) is 9.42. The molecule has 1 aromatic carbocycles. The number of hydrogen-bond donors (Lipinski definition) is 2. The number of hydrogen-bond acceptors (Lipinski definition) is 6. The van der Waals surface area contributed by atoms with Crippen molar-refractivity contribution in [1.82, 2.24) is 15.5 Å². The van der Waals surface area contributed by atoms with Gasteiger partial charge in [-0.1, -0.05) is 17.7 Å². The molecule has 0 bridgehead atoms. The minimum atomic E-state index is -0.597. The van der Waals surface area contributed by atoms with Gasteiger partial charge in [-0.3, -0.25) is 24.5 Å². The molecule has 1 aromatic rings. The van der Waals surface area contributed by atoms with Gasteiger partial charge in [-0.2, -0.15) is 0 Å². The van der Waals surface area contributed by atoms with Gasteiger partial charge in [0.2, 0.25) is 11.8 Å². The summed E-state index contributed by atoms with van der Waals surface area (Å²) in [5, 5.41) is 5.30. The average molecular weight is 465 g/mol. The first-order valence-corrected chi connectivity index (χ1v) is 11.7. The predicted molar refractivity (Wildman–Crippen MR) is 124 cm³/mol. The van der Waals surface area contributed by atoms with Gasteiger partial charge in [0.1, 0.15) is 6.04 Å². The number of benzene rings is 1. The van der Waals surface area contributed by atoms with E-state index in [0.717, 1.165) is 24.4 Å². The number of nitrogens with one attached hydrogen (secondary N) is 2. The zero-order valence-corrected chi connectivity index (χ0v) is 18.9. The number of amides is 4. The summed E-state index contributed by atoms with van der Waals surface area (Å²) in [5.74, 6) is -0.984. The van der Waals surface area contributed by atoms with Crippen LogP contribution in [0.3, 0.4) is 0 Å². The summed E-state index contributed by atoms with van der Waals surface area (Å²) < 4.78 is 5.38. The molecule has 4 amide bonds. The van der Waals surface area contributed by atoms with Crippen molar-refractivity contribution < 1.29 is 23.9 Å². The first-order chi connectivity index (χ1) is 16.5. The molecule has 0 radical (unpaired) electrons. The Kier molecular flexibility index (Phi) is 6.19. The average Bonchev–Trinajstić information content (AvgIpc) is 3.18. The van der Waals surface area contributed by atoms with E-state index in [4.69, 9.17) is 4.74 Å². The van der Waals surface area contributed by atoms with Crippen molar-refractivity contribution in [3.05, 3.63) is 53.1 Å². The van der Waals surface area contributed by atoms with Gasteiger partial charge in [-0.05, 0) is 37.1 Å². The highest BCUT2D eigenvalue weighted by atomic mass is 16.5. The number of piperidine rings is 1. The molecule has 0 saturated carbocycles. The topological polar surface area (TPSA) is 108 Å². The molecule has 4 aliphatic rings. The Labute approximate surface area is 197 Å². The summed E-state index contributed by atoms with van der Waals surface area (Å²) in [4.78, 5) is 53.0. The highest BCUT2D eigenvalue weighted by molar-refractivity contribution is 6.05. The Balaban J connectivity index is 1.15. The summed E-state index contributed by atoms with van der Waals surface area (Å²) in [7, 11) is 0. The first-order valence-electron chi connectivity index (χ1n) is 11.7. The third-order valence-corrected chi connectivity index (χ3v) is 6.94. The van der Waals surface area contributed by atoms with Crippen LogP contribution in [0.2, 0.25) is 0 Å². The number of morpholine rings is 1. The second-order valence-electron chi connectivity index (χ2n) is 9.10. The van der Waals surface area contributed by atoms with Crippen LogP contribution in [0.1, 0.15) is 29.6 Å². The van der Waals surface area contributed by atoms with Crippen LogP contribution in [0, 0.1) is 5.92 Å². The summed E-state index contributed by atoms with van der Waals surface area (Å²) in [6.45, 7) is 3.97. The second-order valence-corrected chi connectivity index (χ2v) is 9.10. The number of carbonyl (C=O) groups is 4. The Hall–Kier alpha value is -3.46. The Morgan fingerprint density at radius 3 is 2.59 bits per heavy atom. The molecule has 9 heteroatoms. The summed E-state index contributed by atoms with van der Waals surface area (Å²) in [6.07, 6.45) is 4.95. The zero-order chi connectivity index (χ0) is 23.7. The maximum absolute atomic E-state index is 12.8. The van der Waals surface area contributed by atoms with Crippen molar-refractivity contribution >= 4 is 29.3 Å². The van der Waals surface area contributed by atoms with Crippen LogP contribution in [0.5, 0.6) is 0 Å². The third kappa shape index (κ3) is 4.48. The summed E-state index contributed by atoms with van der Waals surface area (Å²) in [5.41, 5.74) is 3.41. The number of fused-ring (bicyclic) bond motifs is 1. The van der Waals surface area contributed by atoms with Crippen molar-refractivity contribution in [3.63, 3.8) is 0 Å². The fourth-order valence-corrected chi connectivity index (χ4v) is 5.05. The van der Waals surface area contributed by atoms with Gasteiger partial charge in [-0.15, -0.1) is 0 Å². The maximum atomic E-state index is 12.8. The zero-order valence-electron chi connectivity index (χ0n) is 18.9. The van der Waals surface area contributed by atoms with Gasteiger partial charge in [0, 0.05) is 55.3 Å². The molecule has 0 spiro atoms. The quantitative estimate of drug-likeness (QED) is 0.624. The van der Waals surface area contributed by atoms with Crippen molar-refractivity contribution in [2.75, 3.05) is 44.3 Å². The monoisotopic (exact) mass is 464 g/mol. The smallest absolute Gasteiger partial charge is 0.251 e. The lowest BCUT2D eigenvalue weighted by molar-refractivity contribution is -0.142. The van der Waals surface area contributed by atoms with E-state index < -0.39 is 11.9 Å². The Morgan fingerprint density at radius 1 is 1.09 bits per heavy atom. The number of carbonyl (C=O) groups excluding carboxylic acids is 4. The molecule has 2 atom stereocenters. The molecule has 2 unspecified atom stereocenters. The van der Waals surface area contributed by atoms with Gasteiger partial charge in [0.25, 0.3) is 11.8 Å². The highest BCUT2D eigenvalue weighted by Gasteiger charge is 2.43. The van der Waals surface area contributed by atoms with Crippen molar-refractivity contribution in [1.29, 1.82) is 0 Å². The molecule has 9 nitrogen and oxygen atoms in total. The van der Waals surface area contributed by atoms with Crippen LogP contribution in [0.25, 0.3) is 0 Å². The summed E-state index contributed by atoms with van der Waals surface area (Å²) >= 11 is 0. The Bertz CT molecular complexity index is 1070. The van der Waals surface area contributed by atoms with Gasteiger partial charge in [0.15, 0.2) is 0 Å². The van der Waals surface area contributed by atoms with Gasteiger partial charge in [0.05, 0.1) is 13.2 Å². The molecule has 0 aromatic heterocycles. The minimum absolute atomic E-state index is 0.0114. The van der Waals surface area contributed by atoms with E-state index in [2.05, 4.69) is 15.5 Å². The molecule has 178 valence electrons. The van der Waals surface area contributed by atoms with Crippen LogP contribution in [-0.4, -0.2) is 74.0 Å². The van der Waals surface area contributed by atoms with Crippen molar-refractivity contribution in [2.24, 2.45) is 5.92 Å². The number of nitrogens with zero attached hydrogens (tertiary/aromatic N) is 2. The van der Waals surface area contributed by atoms with E-state index in [1.54, 1.807) is 11.0 Å². The first kappa shape index (κ1) is 22.3. The normalized spacial score (nSPS) is 24.9. The number of likely N-dealkylation sites (tertiary alicyclic amines) is 1. The lowest BCUT2D eigenvalue weighted by Gasteiger charge is -2.29. The van der Waals surface area contributed by atoms with Crippen molar-refractivity contribution in [3.8, 4) is 0 Å². The van der Waals surface area contributed by atoms with Crippen LogP contribution >= 0.6 is 0 Å². The van der Waals surface area contributed by atoms with E-state index in [0.29, 0.717) is 50.3 Å². The molecule has 1 aliphatic carbocycles. The minimum Gasteiger partial charge on any atom is -0.378 e. The molecule has 5 rings (SSSR count). The Morgan fingerprint density at radius 2 is 1.85 bits per heavy atom. The number of imide groups is 1. The van der Waals surface area contributed by atoms with Gasteiger partial charge < -0.3 is 19.9 Å². The van der Waals surface area contributed by atoms with Crippen LogP contribution in [-0.2, 0) is 19.1 Å². The number of ether oxygens (including phenoxy) is 1. The molecule has 3 aliphatic heterocycles. The fraction of sp³-hybridized carbons (Fsp3) is 0.440. The lowest BCUT2D eigenvalue weighted by atomic mass is 9.89. The van der Waals surface area contributed by atoms with E-state index in [1.165, 1.54) is 0 Å². The van der Waals surface area contributed by atoms with Crippen LogP contribution in [0.4, 0.5) is 5.69 Å². The van der Waals surface area contributed by atoms with Gasteiger partial charge in [-0.25, -0.2) is 0 Å². The summed E-state index contributed by atoms with van der Waals surface area (Å²) in [6, 6.07) is 6.99. The lowest BCUT2D eigenvalue weighted by Crippen LogP contribution is -2.53. The van der Waals surface area contributed by atoms with Crippen molar-refractivity contribution in [2.45, 2.75) is 25.3 Å². The molecular formula is C25H28N4O5. The standard InChI is InChI=1S/C25H28N4O5/c30-22-8-7-21(24(32)27-22)29-15-18-13-16(1-6-20(18)25(29)33)14-26-23(31)17-2-4-19(5-3-17)28-9-11-34-12-10-28/h1-6,18,21H,7-15H2,(H,26,31)(H,27,30,32). The SMILES string of the molecule is O=C1CCC(N2CC3CC(CNC(=O)c4ccc(N5CCOCC5)cc4)=CC=C3C2=O)C(=O)N1. The fourth-order valence-electron chi connectivity index (χ4n) is 5.05. The van der Waals surface area contributed by atoms with Gasteiger partial charge >= 0.3 is 0 Å². The van der Waals surface area contributed by atoms with E-state index in [-0.39, 0.29) is 30.1 Å². The van der Waals surface area contributed by atoms with E-state index in [1.807, 2.05) is 30.3 Å². The van der Waals surface area contributed by atoms with Crippen LogP contribution in [0.15, 0.2) is 47.6 Å². The largest absolute Gasteiger partial charge is 0.378 e. The molecular weight excluding hydrogens is 436 g/mol. The van der Waals surface area contributed by atoms with Crippen LogP contribution < -0.4 is 15.5 Å². The maximum Gasteiger partial charge on any atom is 0.251 e. The number of anilines is 1. The number of allylic oxidation sites excluding steroid dienone is 2. The van der Waals surface area contributed by atoms with E-state index in [9.17, 15) is 19.2 Å². The molecule has 34 heavy (non-hydrogen) atoms. The predicted octanol–water partition coefficient (Wildman–Crippen LogP) is 0.773. The molecule has 2 N–H and O–H groups in total.